The van der Waals surface area contributed by atoms with Crippen LogP contribution in [0.4, 0.5) is 0 Å². The van der Waals surface area contributed by atoms with Crippen molar-refractivity contribution < 1.29 is 10.0 Å². The van der Waals surface area contributed by atoms with E-state index in [9.17, 15) is 4.79 Å². The zero-order valence-electron chi connectivity index (χ0n) is 6.64. The van der Waals surface area contributed by atoms with Crippen molar-refractivity contribution in [3.05, 3.63) is 30.1 Å². The lowest BCUT2D eigenvalue weighted by Crippen LogP contribution is -2.36. The van der Waals surface area contributed by atoms with Crippen LogP contribution in [0.2, 0.25) is 0 Å². The van der Waals surface area contributed by atoms with Gasteiger partial charge in [0.25, 0.3) is 5.91 Å². The zero-order valence-corrected chi connectivity index (χ0v) is 6.64. The standard InChI is InChI=1S/C7H8N4O2/c8-10-7(12)6(11-13)5-2-1-3-9-4-5/h1-4,13H,8H2,(H,10,12)/b11-6+. The van der Waals surface area contributed by atoms with Gasteiger partial charge >= 0.3 is 0 Å². The summed E-state index contributed by atoms with van der Waals surface area (Å²) in [4.78, 5) is 14.7. The summed E-state index contributed by atoms with van der Waals surface area (Å²) in [6.07, 6.45) is 2.93. The van der Waals surface area contributed by atoms with Crippen molar-refractivity contribution >= 4 is 11.6 Å². The molecule has 0 atom stereocenters. The van der Waals surface area contributed by atoms with Crippen LogP contribution in [-0.2, 0) is 4.79 Å². The minimum atomic E-state index is -0.671. The van der Waals surface area contributed by atoms with Crippen molar-refractivity contribution in [2.45, 2.75) is 0 Å². The second-order valence-electron chi connectivity index (χ2n) is 2.16. The summed E-state index contributed by atoms with van der Waals surface area (Å²) in [5, 5.41) is 11.3. The number of amides is 1. The van der Waals surface area contributed by atoms with Crippen LogP contribution in [0, 0.1) is 0 Å². The van der Waals surface area contributed by atoms with Crippen molar-refractivity contribution in [1.29, 1.82) is 0 Å². The van der Waals surface area contributed by atoms with Gasteiger partial charge in [-0.25, -0.2) is 5.84 Å². The van der Waals surface area contributed by atoms with E-state index < -0.39 is 5.91 Å². The van der Waals surface area contributed by atoms with Crippen LogP contribution in [0.25, 0.3) is 0 Å². The molecule has 1 heterocycles. The van der Waals surface area contributed by atoms with E-state index in [2.05, 4.69) is 10.1 Å². The molecule has 1 amide bonds. The molecule has 1 rings (SSSR count). The van der Waals surface area contributed by atoms with Crippen LogP contribution >= 0.6 is 0 Å². The van der Waals surface area contributed by atoms with E-state index in [1.54, 1.807) is 18.3 Å². The van der Waals surface area contributed by atoms with Crippen molar-refractivity contribution in [3.8, 4) is 0 Å². The first-order valence-corrected chi connectivity index (χ1v) is 3.43. The predicted octanol–water partition coefficient (Wildman–Crippen LogP) is -0.750. The van der Waals surface area contributed by atoms with Crippen LogP contribution in [0.5, 0.6) is 0 Å². The molecule has 68 valence electrons. The smallest absolute Gasteiger partial charge is 0.287 e. The van der Waals surface area contributed by atoms with E-state index in [0.717, 1.165) is 0 Å². The lowest BCUT2D eigenvalue weighted by atomic mass is 10.2. The highest BCUT2D eigenvalue weighted by atomic mass is 16.4. The minimum absolute atomic E-state index is 0.171. The number of nitrogens with one attached hydrogen (secondary N) is 1. The Morgan fingerprint density at radius 3 is 2.92 bits per heavy atom. The summed E-state index contributed by atoms with van der Waals surface area (Å²) < 4.78 is 0. The molecule has 0 aliphatic carbocycles. The van der Waals surface area contributed by atoms with Crippen molar-refractivity contribution in [2.75, 3.05) is 0 Å². The molecule has 0 unspecified atom stereocenters. The van der Waals surface area contributed by atoms with Gasteiger partial charge in [-0.1, -0.05) is 5.16 Å². The Bertz CT molecular complexity index is 323. The molecule has 0 fully saturated rings. The molecule has 0 saturated heterocycles. The average molecular weight is 180 g/mol. The molecule has 0 aliphatic rings. The van der Waals surface area contributed by atoms with Crippen LogP contribution in [0.15, 0.2) is 29.7 Å². The number of oxime groups is 1. The van der Waals surface area contributed by atoms with Gasteiger partial charge in [0.15, 0.2) is 5.71 Å². The summed E-state index contributed by atoms with van der Waals surface area (Å²) in [6, 6.07) is 3.20. The highest BCUT2D eigenvalue weighted by Gasteiger charge is 2.12. The van der Waals surface area contributed by atoms with Gasteiger partial charge in [0, 0.05) is 18.0 Å². The maximum absolute atomic E-state index is 11.0. The molecule has 4 N–H and O–H groups in total. The van der Waals surface area contributed by atoms with E-state index in [4.69, 9.17) is 11.0 Å². The summed E-state index contributed by atoms with van der Waals surface area (Å²) in [5.74, 6) is 4.20. The zero-order chi connectivity index (χ0) is 9.68. The highest BCUT2D eigenvalue weighted by Crippen LogP contribution is 1.98. The molecule has 0 bridgehead atoms. The molecule has 0 spiro atoms. The Morgan fingerprint density at radius 2 is 2.46 bits per heavy atom. The Labute approximate surface area is 74.0 Å². The normalized spacial score (nSPS) is 11.0. The fraction of sp³-hybridized carbons (Fsp3) is 0. The first kappa shape index (κ1) is 9.14. The minimum Gasteiger partial charge on any atom is -0.410 e. The molecular weight excluding hydrogens is 172 g/mol. The van der Waals surface area contributed by atoms with Crippen molar-refractivity contribution in [1.82, 2.24) is 10.4 Å². The first-order valence-electron chi connectivity index (χ1n) is 3.43. The Morgan fingerprint density at radius 1 is 1.69 bits per heavy atom. The third-order valence-electron chi connectivity index (χ3n) is 1.38. The molecule has 6 heteroatoms. The van der Waals surface area contributed by atoms with E-state index in [1.807, 2.05) is 5.43 Å². The number of hydrazine groups is 1. The molecule has 0 aromatic carbocycles. The first-order chi connectivity index (χ1) is 6.29. The summed E-state index contributed by atoms with van der Waals surface area (Å²) in [7, 11) is 0. The van der Waals surface area contributed by atoms with Gasteiger partial charge in [-0.15, -0.1) is 0 Å². The third-order valence-corrected chi connectivity index (χ3v) is 1.38. The number of hydrogen-bond acceptors (Lipinski definition) is 5. The van der Waals surface area contributed by atoms with Gasteiger partial charge in [-0.3, -0.25) is 15.2 Å². The summed E-state index contributed by atoms with van der Waals surface area (Å²) in [6.45, 7) is 0. The van der Waals surface area contributed by atoms with E-state index >= 15 is 0 Å². The van der Waals surface area contributed by atoms with Gasteiger partial charge in [-0.2, -0.15) is 0 Å². The number of rotatable bonds is 2. The van der Waals surface area contributed by atoms with Gasteiger partial charge in [0.05, 0.1) is 0 Å². The number of aromatic nitrogens is 1. The monoisotopic (exact) mass is 180 g/mol. The highest BCUT2D eigenvalue weighted by molar-refractivity contribution is 6.44. The van der Waals surface area contributed by atoms with Crippen molar-refractivity contribution in [3.63, 3.8) is 0 Å². The van der Waals surface area contributed by atoms with E-state index in [0.29, 0.717) is 5.56 Å². The maximum Gasteiger partial charge on any atom is 0.287 e. The number of nitrogens with zero attached hydrogens (tertiary/aromatic N) is 2. The predicted molar refractivity (Wildman–Crippen MR) is 44.9 cm³/mol. The second kappa shape index (κ2) is 4.17. The number of carbonyl (C=O) groups excluding carboxylic acids is 1. The largest absolute Gasteiger partial charge is 0.410 e. The van der Waals surface area contributed by atoms with Gasteiger partial charge in [0.2, 0.25) is 0 Å². The lowest BCUT2D eigenvalue weighted by Gasteiger charge is -2.00. The van der Waals surface area contributed by atoms with Crippen LogP contribution in [-0.4, -0.2) is 21.8 Å². The quantitative estimate of drug-likeness (QED) is 0.183. The van der Waals surface area contributed by atoms with Gasteiger partial charge < -0.3 is 5.21 Å². The molecule has 6 nitrogen and oxygen atoms in total. The van der Waals surface area contributed by atoms with E-state index in [-0.39, 0.29) is 5.71 Å². The molecule has 13 heavy (non-hydrogen) atoms. The van der Waals surface area contributed by atoms with Gasteiger partial charge in [0.1, 0.15) is 0 Å². The number of hydrogen-bond donors (Lipinski definition) is 3. The molecular formula is C7H8N4O2. The lowest BCUT2D eigenvalue weighted by molar-refractivity contribution is -0.114. The van der Waals surface area contributed by atoms with Crippen LogP contribution < -0.4 is 11.3 Å². The Kier molecular flexibility index (Phi) is 2.93. The molecule has 0 saturated carbocycles. The number of pyridine rings is 1. The van der Waals surface area contributed by atoms with Crippen LogP contribution in [0.3, 0.4) is 0 Å². The summed E-state index contributed by atoms with van der Waals surface area (Å²) >= 11 is 0. The molecule has 1 aromatic heterocycles. The molecule has 0 aliphatic heterocycles. The maximum atomic E-state index is 11.0. The number of carbonyl (C=O) groups is 1. The SMILES string of the molecule is NNC(=O)/C(=N/O)c1cccnc1. The van der Waals surface area contributed by atoms with Crippen molar-refractivity contribution in [2.24, 2.45) is 11.0 Å². The topological polar surface area (TPSA) is 101 Å². The van der Waals surface area contributed by atoms with E-state index in [1.165, 1.54) is 6.20 Å². The second-order valence-corrected chi connectivity index (χ2v) is 2.16. The molecule has 1 aromatic rings. The van der Waals surface area contributed by atoms with Gasteiger partial charge in [-0.05, 0) is 12.1 Å². The molecule has 0 radical (unpaired) electrons. The third kappa shape index (κ3) is 2.00. The Hall–Kier alpha value is -1.95. The summed E-state index contributed by atoms with van der Waals surface area (Å²) in [5.41, 5.74) is 2.08. The fourth-order valence-corrected chi connectivity index (χ4v) is 0.805. The Balaban J connectivity index is 3.00. The average Bonchev–Trinajstić information content (AvgIpc) is 2.20. The number of nitrogens with two attached hydrogens (primary N) is 1. The fourth-order valence-electron chi connectivity index (χ4n) is 0.805. The van der Waals surface area contributed by atoms with Crippen LogP contribution in [0.1, 0.15) is 5.56 Å².